The molecule has 0 saturated carbocycles. The Kier molecular flexibility index (Phi) is 3.56. The number of benzene rings is 1. The summed E-state index contributed by atoms with van der Waals surface area (Å²) in [4.78, 5) is 0. The van der Waals surface area contributed by atoms with Crippen LogP contribution in [-0.4, -0.2) is 24.9 Å². The lowest BCUT2D eigenvalue weighted by molar-refractivity contribution is 0.295. The summed E-state index contributed by atoms with van der Waals surface area (Å²) in [7, 11) is 0. The van der Waals surface area contributed by atoms with Gasteiger partial charge >= 0.3 is 0 Å². The van der Waals surface area contributed by atoms with Gasteiger partial charge in [-0.3, -0.25) is 0 Å². The lowest BCUT2D eigenvalue weighted by atomic mass is 10.0. The Morgan fingerprint density at radius 2 is 2.00 bits per heavy atom. The molecule has 2 rings (SSSR count). The molecule has 0 unspecified atom stereocenters. The topological polar surface area (TPSA) is 38.7 Å². The molecule has 0 aromatic heterocycles. The third kappa shape index (κ3) is 2.11. The number of aliphatic hydroxyl groups excluding tert-OH is 1. The third-order valence-corrected chi connectivity index (χ3v) is 2.99. The van der Waals surface area contributed by atoms with Crippen molar-refractivity contribution in [2.24, 2.45) is 0 Å². The lowest BCUT2D eigenvalue weighted by Gasteiger charge is -2.15. The van der Waals surface area contributed by atoms with Gasteiger partial charge in [0, 0.05) is 13.0 Å². The summed E-state index contributed by atoms with van der Waals surface area (Å²) in [6, 6.07) is 1.85. The van der Waals surface area contributed by atoms with E-state index in [9.17, 15) is 0 Å². The maximum absolute atomic E-state index is 8.98. The number of rotatable bonds is 2. The summed E-state index contributed by atoms with van der Waals surface area (Å²) >= 11 is 6.14. The van der Waals surface area contributed by atoms with Crippen LogP contribution in [0.3, 0.4) is 0 Å². The Balaban J connectivity index is 2.47. The molecule has 0 radical (unpaired) electrons. The molecule has 0 bridgehead atoms. The molecule has 1 aliphatic heterocycles. The minimum atomic E-state index is 0.108. The molecule has 1 aromatic carbocycles. The van der Waals surface area contributed by atoms with Gasteiger partial charge in [0.15, 0.2) is 11.5 Å². The van der Waals surface area contributed by atoms with Crippen LogP contribution in [0.1, 0.15) is 17.5 Å². The van der Waals surface area contributed by atoms with Crippen LogP contribution in [0, 0.1) is 6.92 Å². The maximum atomic E-state index is 8.98. The van der Waals surface area contributed by atoms with Crippen LogP contribution >= 0.6 is 11.6 Å². The van der Waals surface area contributed by atoms with Crippen LogP contribution in [0.2, 0.25) is 5.02 Å². The highest BCUT2D eigenvalue weighted by Crippen LogP contribution is 2.41. The summed E-state index contributed by atoms with van der Waals surface area (Å²) in [5.41, 5.74) is 2.02. The van der Waals surface area contributed by atoms with Crippen LogP contribution in [0.4, 0.5) is 0 Å². The Morgan fingerprint density at radius 3 is 2.69 bits per heavy atom. The highest BCUT2D eigenvalue weighted by Gasteiger charge is 2.19. The van der Waals surface area contributed by atoms with Crippen LogP contribution in [0.5, 0.6) is 11.5 Å². The highest BCUT2D eigenvalue weighted by molar-refractivity contribution is 6.32. The first-order valence-corrected chi connectivity index (χ1v) is 5.80. The van der Waals surface area contributed by atoms with Crippen LogP contribution < -0.4 is 9.47 Å². The van der Waals surface area contributed by atoms with E-state index in [0.29, 0.717) is 30.4 Å². The molecule has 1 aliphatic rings. The van der Waals surface area contributed by atoms with Crippen molar-refractivity contribution in [3.8, 4) is 11.5 Å². The molecule has 4 heteroatoms. The molecule has 3 nitrogen and oxygen atoms in total. The number of ether oxygens (including phenoxy) is 2. The van der Waals surface area contributed by atoms with Gasteiger partial charge in [-0.25, -0.2) is 0 Å². The number of aliphatic hydroxyl groups is 1. The highest BCUT2D eigenvalue weighted by atomic mass is 35.5. The van der Waals surface area contributed by atoms with Crippen molar-refractivity contribution in [3.05, 3.63) is 22.2 Å². The molecule has 1 N–H and O–H groups in total. The minimum absolute atomic E-state index is 0.108. The number of hydrogen-bond donors (Lipinski definition) is 1. The SMILES string of the molecule is Cc1c(CCO)cc(Cl)c2c1OCCCO2. The summed E-state index contributed by atoms with van der Waals surface area (Å²) in [6.45, 7) is 3.35. The Bertz CT molecular complexity index is 390. The number of fused-ring (bicyclic) bond motifs is 1. The van der Waals surface area contributed by atoms with E-state index >= 15 is 0 Å². The zero-order valence-electron chi connectivity index (χ0n) is 9.25. The average molecular weight is 243 g/mol. The molecule has 1 heterocycles. The van der Waals surface area contributed by atoms with E-state index in [1.165, 1.54) is 0 Å². The zero-order valence-corrected chi connectivity index (χ0v) is 10.0. The summed E-state index contributed by atoms with van der Waals surface area (Å²) in [6.07, 6.45) is 1.45. The predicted octanol–water partition coefficient (Wildman–Crippen LogP) is 2.34. The minimum Gasteiger partial charge on any atom is -0.489 e. The van der Waals surface area contributed by atoms with Gasteiger partial charge in [0.1, 0.15) is 0 Å². The molecule has 0 spiro atoms. The van der Waals surface area contributed by atoms with Gasteiger partial charge in [-0.15, -0.1) is 0 Å². The normalized spacial score (nSPS) is 14.7. The van der Waals surface area contributed by atoms with Crippen molar-refractivity contribution in [1.29, 1.82) is 0 Å². The first-order valence-electron chi connectivity index (χ1n) is 5.42. The second kappa shape index (κ2) is 4.93. The monoisotopic (exact) mass is 242 g/mol. The summed E-state index contributed by atoms with van der Waals surface area (Å²) in [5.74, 6) is 1.37. The fourth-order valence-electron chi connectivity index (χ4n) is 1.85. The molecule has 0 atom stereocenters. The number of halogens is 1. The molecular weight excluding hydrogens is 228 g/mol. The first kappa shape index (κ1) is 11.6. The van der Waals surface area contributed by atoms with E-state index in [-0.39, 0.29) is 6.61 Å². The molecule has 0 saturated heterocycles. The van der Waals surface area contributed by atoms with Gasteiger partial charge < -0.3 is 14.6 Å². The molecule has 88 valence electrons. The van der Waals surface area contributed by atoms with Crippen LogP contribution in [-0.2, 0) is 6.42 Å². The smallest absolute Gasteiger partial charge is 0.180 e. The van der Waals surface area contributed by atoms with Crippen molar-refractivity contribution >= 4 is 11.6 Å². The Morgan fingerprint density at radius 1 is 1.31 bits per heavy atom. The average Bonchev–Trinajstić information content (AvgIpc) is 2.51. The fourth-order valence-corrected chi connectivity index (χ4v) is 2.12. The first-order chi connectivity index (χ1) is 7.74. The van der Waals surface area contributed by atoms with Gasteiger partial charge in [-0.05, 0) is 30.5 Å². The standard InChI is InChI=1S/C12H15ClO3/c1-8-9(3-4-14)7-10(13)12-11(8)15-5-2-6-16-12/h7,14H,2-6H2,1H3. The molecular formula is C12H15ClO3. The second-order valence-corrected chi connectivity index (χ2v) is 4.23. The molecule has 16 heavy (non-hydrogen) atoms. The second-order valence-electron chi connectivity index (χ2n) is 3.82. The van der Waals surface area contributed by atoms with E-state index in [1.807, 2.05) is 13.0 Å². The molecule has 0 fully saturated rings. The van der Waals surface area contributed by atoms with E-state index < -0.39 is 0 Å². The van der Waals surface area contributed by atoms with E-state index in [0.717, 1.165) is 23.3 Å². The van der Waals surface area contributed by atoms with Gasteiger partial charge in [0.05, 0.1) is 18.2 Å². The van der Waals surface area contributed by atoms with Crippen molar-refractivity contribution in [3.63, 3.8) is 0 Å². The lowest BCUT2D eigenvalue weighted by Crippen LogP contribution is -2.00. The van der Waals surface area contributed by atoms with E-state index in [1.54, 1.807) is 0 Å². The Labute approximate surface area is 99.9 Å². The molecule has 1 aromatic rings. The van der Waals surface area contributed by atoms with Crippen molar-refractivity contribution in [2.75, 3.05) is 19.8 Å². The van der Waals surface area contributed by atoms with Crippen LogP contribution in [0.15, 0.2) is 6.07 Å². The van der Waals surface area contributed by atoms with Gasteiger partial charge in [-0.1, -0.05) is 11.6 Å². The van der Waals surface area contributed by atoms with E-state index in [4.69, 9.17) is 26.2 Å². The predicted molar refractivity (Wildman–Crippen MR) is 62.6 cm³/mol. The Hall–Kier alpha value is -0.930. The van der Waals surface area contributed by atoms with Gasteiger partial charge in [0.2, 0.25) is 0 Å². The molecule has 0 amide bonds. The zero-order chi connectivity index (χ0) is 11.5. The molecule has 0 aliphatic carbocycles. The van der Waals surface area contributed by atoms with Gasteiger partial charge in [-0.2, -0.15) is 0 Å². The third-order valence-electron chi connectivity index (χ3n) is 2.71. The fraction of sp³-hybridized carbons (Fsp3) is 0.500. The van der Waals surface area contributed by atoms with Crippen molar-refractivity contribution in [1.82, 2.24) is 0 Å². The largest absolute Gasteiger partial charge is 0.489 e. The van der Waals surface area contributed by atoms with Crippen molar-refractivity contribution in [2.45, 2.75) is 19.8 Å². The van der Waals surface area contributed by atoms with Gasteiger partial charge in [0.25, 0.3) is 0 Å². The van der Waals surface area contributed by atoms with Crippen molar-refractivity contribution < 1.29 is 14.6 Å². The summed E-state index contributed by atoms with van der Waals surface area (Å²) in [5, 5.41) is 9.54. The maximum Gasteiger partial charge on any atom is 0.180 e. The quantitative estimate of drug-likeness (QED) is 0.865. The summed E-state index contributed by atoms with van der Waals surface area (Å²) < 4.78 is 11.2. The number of hydrogen-bond acceptors (Lipinski definition) is 3. The van der Waals surface area contributed by atoms with E-state index in [2.05, 4.69) is 0 Å². The van der Waals surface area contributed by atoms with Crippen LogP contribution in [0.25, 0.3) is 0 Å².